The fraction of sp³-hybridized carbons (Fsp3) is 0.909. The van der Waals surface area contributed by atoms with Crippen molar-refractivity contribution in [2.75, 3.05) is 32.9 Å². The van der Waals surface area contributed by atoms with Crippen LogP contribution in [0.2, 0.25) is 0 Å². The molecule has 0 aromatic carbocycles. The van der Waals surface area contributed by atoms with Crippen LogP contribution in [-0.4, -0.2) is 58.2 Å². The first kappa shape index (κ1) is 15.4. The zero-order valence-electron chi connectivity index (χ0n) is 11.1. The van der Waals surface area contributed by atoms with E-state index >= 15 is 0 Å². The van der Waals surface area contributed by atoms with Gasteiger partial charge in [0.1, 0.15) is 0 Å². The quantitative estimate of drug-likeness (QED) is 0.688. The predicted molar refractivity (Wildman–Crippen MR) is 70.7 cm³/mol. The van der Waals surface area contributed by atoms with Crippen LogP contribution in [0.3, 0.4) is 0 Å². The smallest absolute Gasteiger partial charge is 0.237 e. The lowest BCUT2D eigenvalue weighted by molar-refractivity contribution is -0.127. The molecule has 6 nitrogen and oxygen atoms in total. The second-order valence-corrected chi connectivity index (χ2v) is 6.79. The lowest BCUT2D eigenvalue weighted by Crippen LogP contribution is -2.40. The molecule has 7 heteroatoms. The van der Waals surface area contributed by atoms with Crippen LogP contribution in [0, 0.1) is 0 Å². The van der Waals surface area contributed by atoms with Gasteiger partial charge in [-0.25, -0.2) is 13.1 Å². The lowest BCUT2D eigenvalue weighted by atomic mass is 10.0. The van der Waals surface area contributed by atoms with Crippen LogP contribution in [0.5, 0.6) is 0 Å². The van der Waals surface area contributed by atoms with E-state index in [-0.39, 0.29) is 18.2 Å². The molecule has 18 heavy (non-hydrogen) atoms. The number of rotatable bonds is 6. The highest BCUT2D eigenvalue weighted by Crippen LogP contribution is 2.10. The summed E-state index contributed by atoms with van der Waals surface area (Å²) < 4.78 is 25.7. The normalized spacial score (nSPS) is 20.7. The van der Waals surface area contributed by atoms with Gasteiger partial charge < -0.3 is 10.2 Å². The monoisotopic (exact) mass is 277 g/mol. The number of nitrogens with one attached hydrogen (secondary N) is 2. The highest BCUT2D eigenvalue weighted by molar-refractivity contribution is 7.89. The highest BCUT2D eigenvalue weighted by Gasteiger charge is 2.18. The summed E-state index contributed by atoms with van der Waals surface area (Å²) in [7, 11) is -0.147. The molecule has 0 bridgehead atoms. The molecule has 1 aliphatic heterocycles. The molecule has 1 saturated heterocycles. The van der Waals surface area contributed by atoms with Gasteiger partial charge in [0.15, 0.2) is 0 Å². The number of likely N-dealkylation sites (N-methyl/N-ethyl adjacent to an activating group) is 1. The van der Waals surface area contributed by atoms with E-state index in [0.29, 0.717) is 12.5 Å². The van der Waals surface area contributed by atoms with E-state index in [1.807, 2.05) is 0 Å². The van der Waals surface area contributed by atoms with Crippen LogP contribution in [0.15, 0.2) is 0 Å². The van der Waals surface area contributed by atoms with Crippen molar-refractivity contribution < 1.29 is 13.2 Å². The maximum Gasteiger partial charge on any atom is 0.237 e. The van der Waals surface area contributed by atoms with Gasteiger partial charge in [0, 0.05) is 20.1 Å². The van der Waals surface area contributed by atoms with Crippen LogP contribution < -0.4 is 10.0 Å². The third kappa shape index (κ3) is 5.79. The average Bonchev–Trinajstić information content (AvgIpc) is 2.35. The lowest BCUT2D eigenvalue weighted by Gasteiger charge is -2.23. The Balaban J connectivity index is 2.28. The van der Waals surface area contributed by atoms with Crippen molar-refractivity contribution in [1.82, 2.24) is 14.9 Å². The van der Waals surface area contributed by atoms with Crippen molar-refractivity contribution in [1.29, 1.82) is 0 Å². The largest absolute Gasteiger partial charge is 0.348 e. The molecule has 0 aromatic heterocycles. The van der Waals surface area contributed by atoms with Crippen molar-refractivity contribution in [2.45, 2.75) is 31.7 Å². The van der Waals surface area contributed by atoms with Crippen molar-refractivity contribution in [3.63, 3.8) is 0 Å². The molecule has 0 aliphatic carbocycles. The van der Waals surface area contributed by atoms with E-state index in [0.717, 1.165) is 19.4 Å². The molecular formula is C11H23N3O3S. The van der Waals surface area contributed by atoms with Crippen LogP contribution in [0.25, 0.3) is 0 Å². The zero-order chi connectivity index (χ0) is 13.6. The van der Waals surface area contributed by atoms with Gasteiger partial charge in [-0.3, -0.25) is 4.79 Å². The summed E-state index contributed by atoms with van der Waals surface area (Å²) in [6, 6.07) is 0.292. The number of sulfonamides is 1. The Kier molecular flexibility index (Phi) is 6.04. The number of carbonyl (C=O) groups is 1. The summed E-state index contributed by atoms with van der Waals surface area (Å²) in [6.07, 6.45) is 3.96. The number of hydrogen-bond donors (Lipinski definition) is 2. The summed E-state index contributed by atoms with van der Waals surface area (Å²) in [4.78, 5) is 12.6. The van der Waals surface area contributed by atoms with Crippen molar-refractivity contribution >= 4 is 15.9 Å². The van der Waals surface area contributed by atoms with Gasteiger partial charge in [-0.15, -0.1) is 0 Å². The van der Waals surface area contributed by atoms with E-state index in [4.69, 9.17) is 0 Å². The minimum absolute atomic E-state index is 0.0748. The standard InChI is InChI=1S/C11H23N3O3S/c1-14(2)11(15)9-13-18(16,17)8-6-10-5-3-4-7-12-10/h10,12-13H,3-9H2,1-2H3. The molecule has 0 saturated carbocycles. The minimum Gasteiger partial charge on any atom is -0.348 e. The second kappa shape index (κ2) is 7.06. The topological polar surface area (TPSA) is 78.5 Å². The predicted octanol–water partition coefficient (Wildman–Crippen LogP) is -0.474. The maximum atomic E-state index is 11.7. The molecule has 2 N–H and O–H groups in total. The number of hydrogen-bond acceptors (Lipinski definition) is 4. The number of piperidine rings is 1. The van der Waals surface area contributed by atoms with Gasteiger partial charge in [0.05, 0.1) is 12.3 Å². The molecule has 1 aliphatic rings. The van der Waals surface area contributed by atoms with Crippen LogP contribution in [0.4, 0.5) is 0 Å². The number of amides is 1. The molecule has 1 heterocycles. The van der Waals surface area contributed by atoms with Crippen molar-refractivity contribution in [2.24, 2.45) is 0 Å². The molecule has 1 fully saturated rings. The Bertz CT molecular complexity index is 362. The Morgan fingerprint density at radius 3 is 2.67 bits per heavy atom. The van der Waals surface area contributed by atoms with E-state index < -0.39 is 10.0 Å². The van der Waals surface area contributed by atoms with Gasteiger partial charge in [-0.2, -0.15) is 0 Å². The fourth-order valence-corrected chi connectivity index (χ4v) is 2.95. The third-order valence-electron chi connectivity index (χ3n) is 3.09. The molecular weight excluding hydrogens is 254 g/mol. The summed E-state index contributed by atoms with van der Waals surface area (Å²) in [6.45, 7) is 0.810. The second-order valence-electron chi connectivity index (χ2n) is 4.86. The molecule has 0 aromatic rings. The molecule has 1 amide bonds. The van der Waals surface area contributed by atoms with Gasteiger partial charge in [-0.1, -0.05) is 6.42 Å². The molecule has 1 atom stereocenters. The SMILES string of the molecule is CN(C)C(=O)CNS(=O)(=O)CCC1CCCCN1. The first-order valence-electron chi connectivity index (χ1n) is 6.31. The molecule has 0 spiro atoms. The van der Waals surface area contributed by atoms with Gasteiger partial charge in [0.2, 0.25) is 15.9 Å². The minimum atomic E-state index is -3.35. The summed E-state index contributed by atoms with van der Waals surface area (Å²) in [5.41, 5.74) is 0. The van der Waals surface area contributed by atoms with Crippen molar-refractivity contribution in [3.8, 4) is 0 Å². The summed E-state index contributed by atoms with van der Waals surface area (Å²) in [5, 5.41) is 3.31. The Labute approximate surface area is 109 Å². The van der Waals surface area contributed by atoms with Crippen LogP contribution >= 0.6 is 0 Å². The van der Waals surface area contributed by atoms with Crippen molar-refractivity contribution in [3.05, 3.63) is 0 Å². The third-order valence-corrected chi connectivity index (χ3v) is 4.45. The molecule has 106 valence electrons. The van der Waals surface area contributed by atoms with Gasteiger partial charge in [0.25, 0.3) is 0 Å². The maximum absolute atomic E-state index is 11.7. The summed E-state index contributed by atoms with van der Waals surface area (Å²) >= 11 is 0. The summed E-state index contributed by atoms with van der Waals surface area (Å²) in [5.74, 6) is -0.167. The average molecular weight is 277 g/mol. The number of nitrogens with zero attached hydrogens (tertiary/aromatic N) is 1. The Morgan fingerprint density at radius 2 is 2.11 bits per heavy atom. The van der Waals surface area contributed by atoms with E-state index in [2.05, 4.69) is 10.0 Å². The highest BCUT2D eigenvalue weighted by atomic mass is 32.2. The van der Waals surface area contributed by atoms with E-state index in [1.54, 1.807) is 14.1 Å². The van der Waals surface area contributed by atoms with Crippen LogP contribution in [0.1, 0.15) is 25.7 Å². The fourth-order valence-electron chi connectivity index (χ4n) is 1.87. The Hall–Kier alpha value is -0.660. The van der Waals surface area contributed by atoms with Gasteiger partial charge in [-0.05, 0) is 25.8 Å². The van der Waals surface area contributed by atoms with Gasteiger partial charge >= 0.3 is 0 Å². The van der Waals surface area contributed by atoms with Crippen LogP contribution in [-0.2, 0) is 14.8 Å². The Morgan fingerprint density at radius 1 is 1.39 bits per heavy atom. The first-order chi connectivity index (χ1) is 8.41. The van der Waals surface area contributed by atoms with E-state index in [1.165, 1.54) is 11.3 Å². The first-order valence-corrected chi connectivity index (χ1v) is 7.97. The molecule has 0 radical (unpaired) electrons. The molecule has 1 rings (SSSR count). The van der Waals surface area contributed by atoms with E-state index in [9.17, 15) is 13.2 Å². The zero-order valence-corrected chi connectivity index (χ0v) is 11.9. The molecule has 1 unspecified atom stereocenters. The number of carbonyl (C=O) groups excluding carboxylic acids is 1.